The number of ketones is 1. The summed E-state index contributed by atoms with van der Waals surface area (Å²) < 4.78 is 12.0. The van der Waals surface area contributed by atoms with Crippen molar-refractivity contribution in [2.75, 3.05) is 26.3 Å². The molecule has 5 nitrogen and oxygen atoms in total. The minimum Gasteiger partial charge on any atom is -0.486 e. The summed E-state index contributed by atoms with van der Waals surface area (Å²) in [6, 6.07) is 6.91. The van der Waals surface area contributed by atoms with Crippen LogP contribution in [0.25, 0.3) is 0 Å². The monoisotopic (exact) mass is 425 g/mol. The first kappa shape index (κ1) is 18.6. The average Bonchev–Trinajstić information content (AvgIpc) is 3.04. The van der Waals surface area contributed by atoms with E-state index in [-0.39, 0.29) is 17.6 Å². The van der Waals surface area contributed by atoms with Crippen molar-refractivity contribution >= 4 is 46.2 Å². The highest BCUT2D eigenvalue weighted by Gasteiger charge is 2.30. The van der Waals surface area contributed by atoms with Gasteiger partial charge in [0, 0.05) is 24.6 Å². The van der Waals surface area contributed by atoms with Crippen molar-refractivity contribution in [1.82, 2.24) is 4.90 Å². The molecule has 1 aromatic carbocycles. The molecule has 1 aromatic heterocycles. The Morgan fingerprint density at radius 1 is 1.04 bits per heavy atom. The van der Waals surface area contributed by atoms with E-state index in [1.165, 1.54) is 11.3 Å². The molecule has 142 valence electrons. The highest BCUT2D eigenvalue weighted by molar-refractivity contribution is 7.20. The van der Waals surface area contributed by atoms with Crippen molar-refractivity contribution in [3.05, 3.63) is 44.1 Å². The van der Waals surface area contributed by atoms with Gasteiger partial charge in [-0.2, -0.15) is 0 Å². The van der Waals surface area contributed by atoms with E-state index in [9.17, 15) is 9.59 Å². The first-order valence-corrected chi connectivity index (χ1v) is 10.3. The van der Waals surface area contributed by atoms with Crippen molar-refractivity contribution in [3.8, 4) is 11.5 Å². The third-order valence-electron chi connectivity index (χ3n) is 4.87. The number of hydrogen-bond acceptors (Lipinski definition) is 5. The largest absolute Gasteiger partial charge is 0.486 e. The maximum atomic E-state index is 12.9. The fraction of sp³-hybridized carbons (Fsp3) is 0.368. The summed E-state index contributed by atoms with van der Waals surface area (Å²) in [5.41, 5.74) is 1.06. The Labute approximate surface area is 170 Å². The molecule has 0 radical (unpaired) electrons. The lowest BCUT2D eigenvalue weighted by Crippen LogP contribution is -2.40. The zero-order chi connectivity index (χ0) is 19.0. The van der Waals surface area contributed by atoms with Crippen LogP contribution in [0.1, 0.15) is 33.6 Å². The Balaban J connectivity index is 1.41. The number of amides is 1. The lowest BCUT2D eigenvalue weighted by Gasteiger charge is -2.31. The number of Topliss-reactive ketones (excluding diaryl/α,β-unsaturated/α-hetero) is 1. The first-order chi connectivity index (χ1) is 13.0. The Bertz CT molecular complexity index is 890. The summed E-state index contributed by atoms with van der Waals surface area (Å²) in [5.74, 6) is 1.12. The zero-order valence-corrected chi connectivity index (χ0v) is 16.7. The van der Waals surface area contributed by atoms with E-state index >= 15 is 0 Å². The first-order valence-electron chi connectivity index (χ1n) is 8.71. The zero-order valence-electron chi connectivity index (χ0n) is 14.4. The van der Waals surface area contributed by atoms with Gasteiger partial charge in [-0.05, 0) is 37.1 Å². The summed E-state index contributed by atoms with van der Waals surface area (Å²) in [7, 11) is 0. The van der Waals surface area contributed by atoms with E-state index in [4.69, 9.17) is 32.7 Å². The van der Waals surface area contributed by atoms with Gasteiger partial charge in [0.05, 0.1) is 9.90 Å². The van der Waals surface area contributed by atoms with Crippen LogP contribution in [0.4, 0.5) is 0 Å². The van der Waals surface area contributed by atoms with Crippen LogP contribution in [0, 0.1) is 5.92 Å². The number of benzene rings is 1. The Morgan fingerprint density at radius 3 is 2.41 bits per heavy atom. The van der Waals surface area contributed by atoms with Crippen LogP contribution in [0.5, 0.6) is 11.5 Å². The molecule has 0 atom stereocenters. The summed E-state index contributed by atoms with van der Waals surface area (Å²) in [6.07, 6.45) is 1.24. The molecular weight excluding hydrogens is 409 g/mol. The van der Waals surface area contributed by atoms with Crippen LogP contribution in [0.2, 0.25) is 8.67 Å². The molecular formula is C19H17Cl2NO4S. The van der Waals surface area contributed by atoms with E-state index in [2.05, 4.69) is 0 Å². The molecule has 0 aliphatic carbocycles. The van der Waals surface area contributed by atoms with Crippen molar-refractivity contribution in [3.63, 3.8) is 0 Å². The lowest BCUT2D eigenvalue weighted by atomic mass is 9.88. The smallest absolute Gasteiger partial charge is 0.256 e. The number of nitrogens with zero attached hydrogens (tertiary/aromatic N) is 1. The van der Waals surface area contributed by atoms with E-state index in [0.717, 1.165) is 0 Å². The van der Waals surface area contributed by atoms with Gasteiger partial charge in [0.1, 0.15) is 17.6 Å². The fourth-order valence-corrected chi connectivity index (χ4v) is 4.88. The fourth-order valence-electron chi connectivity index (χ4n) is 3.43. The third kappa shape index (κ3) is 3.79. The van der Waals surface area contributed by atoms with Crippen molar-refractivity contribution in [2.24, 2.45) is 5.92 Å². The van der Waals surface area contributed by atoms with Gasteiger partial charge in [0.15, 0.2) is 17.3 Å². The van der Waals surface area contributed by atoms with Crippen LogP contribution >= 0.6 is 34.5 Å². The molecule has 0 bridgehead atoms. The number of piperidine rings is 1. The normalized spacial score (nSPS) is 17.0. The van der Waals surface area contributed by atoms with Crippen molar-refractivity contribution < 1.29 is 19.1 Å². The van der Waals surface area contributed by atoms with Crippen LogP contribution in [-0.4, -0.2) is 42.9 Å². The second kappa shape index (κ2) is 7.70. The van der Waals surface area contributed by atoms with Crippen LogP contribution in [0.15, 0.2) is 24.3 Å². The molecule has 4 rings (SSSR count). The third-order valence-corrected chi connectivity index (χ3v) is 6.35. The number of ether oxygens (including phenoxy) is 2. The van der Waals surface area contributed by atoms with Crippen LogP contribution in [-0.2, 0) is 0 Å². The van der Waals surface area contributed by atoms with Gasteiger partial charge >= 0.3 is 0 Å². The molecule has 0 saturated carbocycles. The molecule has 3 heterocycles. The maximum absolute atomic E-state index is 12.9. The van der Waals surface area contributed by atoms with Crippen molar-refractivity contribution in [2.45, 2.75) is 12.8 Å². The molecule has 27 heavy (non-hydrogen) atoms. The number of thiophene rings is 1. The van der Waals surface area contributed by atoms with Gasteiger partial charge in [-0.15, -0.1) is 11.3 Å². The summed E-state index contributed by atoms with van der Waals surface area (Å²) in [5, 5.41) is 0. The number of carbonyl (C=O) groups is 2. The molecule has 1 saturated heterocycles. The van der Waals surface area contributed by atoms with E-state index in [1.54, 1.807) is 29.2 Å². The van der Waals surface area contributed by atoms with Gasteiger partial charge < -0.3 is 14.4 Å². The predicted molar refractivity (Wildman–Crippen MR) is 105 cm³/mol. The summed E-state index contributed by atoms with van der Waals surface area (Å²) >= 11 is 13.2. The topological polar surface area (TPSA) is 55.8 Å². The van der Waals surface area contributed by atoms with E-state index in [1.807, 2.05) is 0 Å². The van der Waals surface area contributed by atoms with Crippen LogP contribution in [0.3, 0.4) is 0 Å². The molecule has 0 N–H and O–H groups in total. The number of likely N-dealkylation sites (tertiary alicyclic amines) is 1. The predicted octanol–water partition coefficient (Wildman–Crippen LogP) is 4.56. The number of hydrogen-bond donors (Lipinski definition) is 0. The standard InChI is InChI=1S/C19H17Cl2NO4S/c20-16-10-13(18(21)27-16)19(24)22-5-3-11(4-6-22)17(23)12-1-2-14-15(9-12)26-8-7-25-14/h1-2,9-11H,3-8H2. The second-order valence-corrected chi connectivity index (χ2v) is 8.81. The van der Waals surface area contributed by atoms with E-state index < -0.39 is 0 Å². The summed E-state index contributed by atoms with van der Waals surface area (Å²) in [4.78, 5) is 27.2. The quantitative estimate of drug-likeness (QED) is 0.676. The maximum Gasteiger partial charge on any atom is 0.256 e. The molecule has 2 aromatic rings. The highest BCUT2D eigenvalue weighted by Crippen LogP contribution is 2.34. The molecule has 2 aliphatic rings. The Hall–Kier alpha value is -1.76. The number of carbonyl (C=O) groups excluding carboxylic acids is 2. The summed E-state index contributed by atoms with van der Waals surface area (Å²) in [6.45, 7) is 2.04. The van der Waals surface area contributed by atoms with Gasteiger partial charge in [-0.3, -0.25) is 9.59 Å². The van der Waals surface area contributed by atoms with Gasteiger partial charge in [0.25, 0.3) is 5.91 Å². The second-order valence-electron chi connectivity index (χ2n) is 6.53. The van der Waals surface area contributed by atoms with E-state index in [0.29, 0.717) is 70.4 Å². The minimum absolute atomic E-state index is 0.0793. The number of halogens is 2. The average molecular weight is 426 g/mol. The SMILES string of the molecule is O=C(c1ccc2c(c1)OCCO2)C1CCN(C(=O)c2cc(Cl)sc2Cl)CC1. The highest BCUT2D eigenvalue weighted by atomic mass is 35.5. The molecule has 1 fully saturated rings. The molecule has 0 spiro atoms. The minimum atomic E-state index is -0.131. The van der Waals surface area contributed by atoms with Gasteiger partial charge in [-0.1, -0.05) is 23.2 Å². The van der Waals surface area contributed by atoms with Gasteiger partial charge in [0.2, 0.25) is 0 Å². The lowest BCUT2D eigenvalue weighted by molar-refractivity contribution is 0.0650. The number of fused-ring (bicyclic) bond motifs is 1. The molecule has 8 heteroatoms. The van der Waals surface area contributed by atoms with Gasteiger partial charge in [-0.25, -0.2) is 0 Å². The molecule has 1 amide bonds. The van der Waals surface area contributed by atoms with Crippen molar-refractivity contribution in [1.29, 1.82) is 0 Å². The van der Waals surface area contributed by atoms with Crippen LogP contribution < -0.4 is 9.47 Å². The molecule has 2 aliphatic heterocycles. The Kier molecular flexibility index (Phi) is 5.30. The Morgan fingerprint density at radius 2 is 1.74 bits per heavy atom. The number of rotatable bonds is 3. The molecule has 0 unspecified atom stereocenters.